The molecule has 0 aromatic carbocycles. The van der Waals surface area contributed by atoms with Gasteiger partial charge in [-0.25, -0.2) is 0 Å². The summed E-state index contributed by atoms with van der Waals surface area (Å²) in [6.45, 7) is 2.91. The number of pyridine rings is 1. The van der Waals surface area contributed by atoms with E-state index in [1.807, 2.05) is 19.1 Å². The molecule has 1 aromatic rings. The van der Waals surface area contributed by atoms with Gasteiger partial charge in [-0.05, 0) is 31.9 Å². The lowest BCUT2D eigenvalue weighted by molar-refractivity contribution is 0.164. The third-order valence-electron chi connectivity index (χ3n) is 2.85. The Balaban J connectivity index is 2.18. The van der Waals surface area contributed by atoms with E-state index in [0.717, 1.165) is 19.4 Å². The molecular weight excluding hydrogens is 176 g/mol. The van der Waals surface area contributed by atoms with Crippen LogP contribution in [-0.4, -0.2) is 28.8 Å². The van der Waals surface area contributed by atoms with Crippen molar-refractivity contribution < 1.29 is 5.11 Å². The summed E-state index contributed by atoms with van der Waals surface area (Å²) in [5, 5.41) is 9.63. The number of aliphatic hydroxyl groups excluding tert-OH is 1. The maximum absolute atomic E-state index is 9.63. The van der Waals surface area contributed by atoms with Crippen LogP contribution in [0.2, 0.25) is 0 Å². The summed E-state index contributed by atoms with van der Waals surface area (Å²) in [7, 11) is 0. The fourth-order valence-corrected chi connectivity index (χ4v) is 2.15. The number of rotatable bonds is 2. The van der Waals surface area contributed by atoms with Gasteiger partial charge in [0.15, 0.2) is 0 Å². The zero-order valence-electron chi connectivity index (χ0n) is 8.43. The molecule has 1 N–H and O–H groups in total. The first-order valence-electron chi connectivity index (χ1n) is 5.14. The van der Waals surface area contributed by atoms with Crippen molar-refractivity contribution in [3.63, 3.8) is 0 Å². The lowest BCUT2D eigenvalue weighted by Crippen LogP contribution is -2.37. The Morgan fingerprint density at radius 3 is 2.86 bits per heavy atom. The quantitative estimate of drug-likeness (QED) is 0.770. The van der Waals surface area contributed by atoms with Crippen LogP contribution in [0, 0.1) is 0 Å². The maximum atomic E-state index is 9.63. The predicted molar refractivity (Wildman–Crippen MR) is 56.3 cm³/mol. The van der Waals surface area contributed by atoms with Gasteiger partial charge >= 0.3 is 0 Å². The minimum Gasteiger partial charge on any atom is -0.391 e. The van der Waals surface area contributed by atoms with Crippen LogP contribution in [0.15, 0.2) is 24.5 Å². The Hall–Kier alpha value is -1.09. The second-order valence-electron chi connectivity index (χ2n) is 3.85. The van der Waals surface area contributed by atoms with Crippen LogP contribution in [0.4, 0.5) is 5.69 Å². The highest BCUT2D eigenvalue weighted by atomic mass is 16.3. The first-order chi connectivity index (χ1) is 6.79. The normalized spacial score (nSPS) is 23.9. The molecule has 0 radical (unpaired) electrons. The number of hydrogen-bond donors (Lipinski definition) is 1. The standard InChI is InChI=1S/C11H16N2O/c1-9(14)11-3-2-8-13(11)10-4-6-12-7-5-10/h4-7,9,11,14H,2-3,8H2,1H3. The zero-order valence-corrected chi connectivity index (χ0v) is 8.43. The molecule has 1 aliphatic rings. The fourth-order valence-electron chi connectivity index (χ4n) is 2.15. The largest absolute Gasteiger partial charge is 0.391 e. The molecule has 1 aliphatic heterocycles. The van der Waals surface area contributed by atoms with Crippen molar-refractivity contribution in [2.45, 2.75) is 31.9 Å². The molecular formula is C11H16N2O. The van der Waals surface area contributed by atoms with E-state index in [1.54, 1.807) is 12.4 Å². The Bertz CT molecular complexity index is 287. The highest BCUT2D eigenvalue weighted by molar-refractivity contribution is 5.47. The zero-order chi connectivity index (χ0) is 9.97. The van der Waals surface area contributed by atoms with Crippen molar-refractivity contribution in [2.24, 2.45) is 0 Å². The fraction of sp³-hybridized carbons (Fsp3) is 0.545. The molecule has 3 nitrogen and oxygen atoms in total. The van der Waals surface area contributed by atoms with Gasteiger partial charge in [-0.1, -0.05) is 0 Å². The summed E-state index contributed by atoms with van der Waals surface area (Å²) in [5.74, 6) is 0. The van der Waals surface area contributed by atoms with Gasteiger partial charge in [0.1, 0.15) is 0 Å². The molecule has 0 aliphatic carbocycles. The van der Waals surface area contributed by atoms with Crippen LogP contribution in [0.3, 0.4) is 0 Å². The molecule has 14 heavy (non-hydrogen) atoms. The van der Waals surface area contributed by atoms with Crippen LogP contribution in [0.1, 0.15) is 19.8 Å². The van der Waals surface area contributed by atoms with E-state index in [0.29, 0.717) is 0 Å². The average molecular weight is 192 g/mol. The number of nitrogens with zero attached hydrogens (tertiary/aromatic N) is 2. The molecule has 0 amide bonds. The summed E-state index contributed by atoms with van der Waals surface area (Å²) in [5.41, 5.74) is 1.17. The van der Waals surface area contributed by atoms with Crippen LogP contribution in [0.5, 0.6) is 0 Å². The van der Waals surface area contributed by atoms with Gasteiger partial charge < -0.3 is 10.0 Å². The van der Waals surface area contributed by atoms with Gasteiger partial charge in [-0.3, -0.25) is 4.98 Å². The first kappa shape index (κ1) is 9.46. The monoisotopic (exact) mass is 192 g/mol. The number of hydrogen-bond acceptors (Lipinski definition) is 3. The molecule has 0 spiro atoms. The summed E-state index contributed by atoms with van der Waals surface area (Å²) >= 11 is 0. The van der Waals surface area contributed by atoms with E-state index in [9.17, 15) is 5.11 Å². The van der Waals surface area contributed by atoms with E-state index in [-0.39, 0.29) is 12.1 Å². The summed E-state index contributed by atoms with van der Waals surface area (Å²) in [6, 6.07) is 4.28. The van der Waals surface area contributed by atoms with E-state index >= 15 is 0 Å². The molecule has 76 valence electrons. The lowest BCUT2D eigenvalue weighted by Gasteiger charge is -2.28. The van der Waals surface area contributed by atoms with E-state index in [1.165, 1.54) is 5.69 Å². The summed E-state index contributed by atoms with van der Waals surface area (Å²) in [4.78, 5) is 6.27. The molecule has 3 heteroatoms. The molecule has 1 saturated heterocycles. The molecule has 2 rings (SSSR count). The van der Waals surface area contributed by atoms with Crippen molar-refractivity contribution in [3.05, 3.63) is 24.5 Å². The van der Waals surface area contributed by atoms with Crippen molar-refractivity contribution in [3.8, 4) is 0 Å². The van der Waals surface area contributed by atoms with Crippen molar-refractivity contribution in [2.75, 3.05) is 11.4 Å². The molecule has 1 fully saturated rings. The third kappa shape index (κ3) is 1.73. The second kappa shape index (κ2) is 3.96. The molecule has 2 atom stereocenters. The predicted octanol–water partition coefficient (Wildman–Crippen LogP) is 1.43. The number of aliphatic hydroxyl groups is 1. The minimum absolute atomic E-state index is 0.259. The number of anilines is 1. The van der Waals surface area contributed by atoms with Crippen LogP contribution in [-0.2, 0) is 0 Å². The molecule has 1 aromatic heterocycles. The van der Waals surface area contributed by atoms with Gasteiger partial charge in [0.05, 0.1) is 12.1 Å². The maximum Gasteiger partial charge on any atom is 0.0715 e. The first-order valence-corrected chi connectivity index (χ1v) is 5.14. The Morgan fingerprint density at radius 2 is 2.21 bits per heavy atom. The van der Waals surface area contributed by atoms with E-state index in [2.05, 4.69) is 9.88 Å². The van der Waals surface area contributed by atoms with E-state index < -0.39 is 0 Å². The second-order valence-corrected chi connectivity index (χ2v) is 3.85. The third-order valence-corrected chi connectivity index (χ3v) is 2.85. The van der Waals surface area contributed by atoms with Gasteiger partial charge in [0.2, 0.25) is 0 Å². The Labute approximate surface area is 84.4 Å². The average Bonchev–Trinajstić information content (AvgIpc) is 2.67. The number of aromatic nitrogens is 1. The van der Waals surface area contributed by atoms with Crippen LogP contribution < -0.4 is 4.90 Å². The van der Waals surface area contributed by atoms with Gasteiger partial charge in [0, 0.05) is 24.6 Å². The van der Waals surface area contributed by atoms with Crippen LogP contribution >= 0.6 is 0 Å². The molecule has 2 unspecified atom stereocenters. The topological polar surface area (TPSA) is 36.4 Å². The molecule has 2 heterocycles. The lowest BCUT2D eigenvalue weighted by atomic mass is 10.1. The summed E-state index contributed by atoms with van der Waals surface area (Å²) < 4.78 is 0. The van der Waals surface area contributed by atoms with Crippen molar-refractivity contribution >= 4 is 5.69 Å². The van der Waals surface area contributed by atoms with Crippen LogP contribution in [0.25, 0.3) is 0 Å². The highest BCUT2D eigenvalue weighted by Crippen LogP contribution is 2.26. The SMILES string of the molecule is CC(O)C1CCCN1c1ccncc1. The van der Waals surface area contributed by atoms with Gasteiger partial charge in [0.25, 0.3) is 0 Å². The molecule has 0 bridgehead atoms. The molecule has 0 saturated carbocycles. The summed E-state index contributed by atoms with van der Waals surface area (Å²) in [6.07, 6.45) is 5.59. The van der Waals surface area contributed by atoms with Gasteiger partial charge in [-0.15, -0.1) is 0 Å². The Kier molecular flexibility index (Phi) is 2.68. The van der Waals surface area contributed by atoms with Gasteiger partial charge in [-0.2, -0.15) is 0 Å². The minimum atomic E-state index is -0.259. The van der Waals surface area contributed by atoms with Crippen molar-refractivity contribution in [1.82, 2.24) is 4.98 Å². The van der Waals surface area contributed by atoms with E-state index in [4.69, 9.17) is 0 Å². The Morgan fingerprint density at radius 1 is 1.50 bits per heavy atom. The highest BCUT2D eigenvalue weighted by Gasteiger charge is 2.28. The smallest absolute Gasteiger partial charge is 0.0715 e. The van der Waals surface area contributed by atoms with Crippen molar-refractivity contribution in [1.29, 1.82) is 0 Å².